The molecule has 1 fully saturated rings. The number of hydrogen-bond donors (Lipinski definition) is 1. The van der Waals surface area contributed by atoms with E-state index in [0.29, 0.717) is 0 Å². The number of aliphatic imine (C=N–C) groups is 1. The maximum atomic E-state index is 4.79. The lowest BCUT2D eigenvalue weighted by atomic mass is 9.83. The van der Waals surface area contributed by atoms with Crippen LogP contribution in [0.3, 0.4) is 0 Å². The van der Waals surface area contributed by atoms with E-state index >= 15 is 0 Å². The largest absolute Gasteiger partial charge is 0.358 e. The van der Waals surface area contributed by atoms with Crippen LogP contribution in [0.25, 0.3) is 10.9 Å². The van der Waals surface area contributed by atoms with Crippen molar-refractivity contribution in [1.29, 1.82) is 0 Å². The van der Waals surface area contributed by atoms with Gasteiger partial charge in [-0.15, -0.1) is 6.58 Å². The summed E-state index contributed by atoms with van der Waals surface area (Å²) in [5.74, 6) is 0.760. The molecule has 0 unspecified atom stereocenters. The summed E-state index contributed by atoms with van der Waals surface area (Å²) in [4.78, 5) is 8.43. The summed E-state index contributed by atoms with van der Waals surface area (Å²) < 4.78 is 0. The molecule has 2 aliphatic carbocycles. The van der Waals surface area contributed by atoms with Crippen molar-refractivity contribution in [2.24, 2.45) is 4.99 Å². The Morgan fingerprint density at radius 2 is 2.00 bits per heavy atom. The van der Waals surface area contributed by atoms with E-state index < -0.39 is 0 Å². The van der Waals surface area contributed by atoms with Crippen LogP contribution < -0.4 is 0 Å². The van der Waals surface area contributed by atoms with Gasteiger partial charge < -0.3 is 4.98 Å². The number of H-pyrrole nitrogens is 1. The molecule has 2 heteroatoms. The Bertz CT molecular complexity index is 745. The second-order valence-corrected chi connectivity index (χ2v) is 7.05. The number of aromatic amines is 1. The Balaban J connectivity index is 1.79. The summed E-state index contributed by atoms with van der Waals surface area (Å²) in [6.07, 6.45) is 12.2. The third-order valence-electron chi connectivity index (χ3n) is 5.52. The monoisotopic (exact) mass is 306 g/mol. The van der Waals surface area contributed by atoms with E-state index in [0.717, 1.165) is 25.3 Å². The molecule has 2 aliphatic rings. The highest BCUT2D eigenvalue weighted by atomic mass is 14.8. The first-order valence-electron chi connectivity index (χ1n) is 9.16. The van der Waals surface area contributed by atoms with Crippen molar-refractivity contribution in [1.82, 2.24) is 4.98 Å². The van der Waals surface area contributed by atoms with Crippen LogP contribution in [0.15, 0.2) is 35.8 Å². The van der Waals surface area contributed by atoms with Crippen LogP contribution in [0.1, 0.15) is 67.7 Å². The molecule has 1 N–H and O–H groups in total. The maximum Gasteiger partial charge on any atom is 0.0571 e. The molecule has 2 aromatic rings. The average Bonchev–Trinajstić information content (AvgIpc) is 2.99. The van der Waals surface area contributed by atoms with E-state index in [4.69, 9.17) is 4.99 Å². The third-order valence-corrected chi connectivity index (χ3v) is 5.52. The predicted molar refractivity (Wildman–Crippen MR) is 98.7 cm³/mol. The molecule has 2 nitrogen and oxygen atoms in total. The highest BCUT2D eigenvalue weighted by Crippen LogP contribution is 2.36. The van der Waals surface area contributed by atoms with Gasteiger partial charge in [0.2, 0.25) is 0 Å². The number of benzene rings is 1. The molecular weight excluding hydrogens is 280 g/mol. The first-order chi connectivity index (χ1) is 11.4. The molecule has 0 aliphatic heterocycles. The van der Waals surface area contributed by atoms with Crippen LogP contribution in [0.5, 0.6) is 0 Å². The molecule has 0 radical (unpaired) electrons. The van der Waals surface area contributed by atoms with Gasteiger partial charge in [-0.05, 0) is 55.7 Å². The zero-order valence-corrected chi connectivity index (χ0v) is 13.9. The molecule has 1 saturated carbocycles. The summed E-state index contributed by atoms with van der Waals surface area (Å²) in [6.45, 7) is 4.54. The van der Waals surface area contributed by atoms with Gasteiger partial charge in [-0.25, -0.2) is 0 Å². The van der Waals surface area contributed by atoms with E-state index in [1.807, 2.05) is 6.08 Å². The number of nitrogens with zero attached hydrogens (tertiary/aromatic N) is 1. The van der Waals surface area contributed by atoms with Gasteiger partial charge in [0.15, 0.2) is 0 Å². The van der Waals surface area contributed by atoms with Gasteiger partial charge in [-0.1, -0.05) is 31.4 Å². The molecule has 0 bridgehead atoms. The van der Waals surface area contributed by atoms with Gasteiger partial charge in [0.1, 0.15) is 0 Å². The molecule has 0 saturated heterocycles. The number of aromatic nitrogens is 1. The van der Waals surface area contributed by atoms with Gasteiger partial charge in [0, 0.05) is 27.9 Å². The molecule has 4 rings (SSSR count). The molecular formula is C21H26N2. The minimum Gasteiger partial charge on any atom is -0.358 e. The van der Waals surface area contributed by atoms with Crippen molar-refractivity contribution < 1.29 is 0 Å². The van der Waals surface area contributed by atoms with E-state index in [1.165, 1.54) is 72.0 Å². The van der Waals surface area contributed by atoms with E-state index in [2.05, 4.69) is 29.8 Å². The fraction of sp³-hybridized carbons (Fsp3) is 0.476. The molecule has 1 heterocycles. The topological polar surface area (TPSA) is 28.1 Å². The normalized spacial score (nSPS) is 20.8. The fourth-order valence-corrected chi connectivity index (χ4v) is 4.36. The number of fused-ring (bicyclic) bond motifs is 3. The second-order valence-electron chi connectivity index (χ2n) is 7.05. The van der Waals surface area contributed by atoms with Crippen molar-refractivity contribution in [3.05, 3.63) is 47.7 Å². The Morgan fingerprint density at radius 1 is 1.13 bits per heavy atom. The van der Waals surface area contributed by atoms with Crippen molar-refractivity contribution in [2.45, 2.75) is 57.3 Å². The molecule has 1 aromatic carbocycles. The number of rotatable bonds is 3. The Morgan fingerprint density at radius 3 is 2.83 bits per heavy atom. The van der Waals surface area contributed by atoms with Gasteiger partial charge in [-0.2, -0.15) is 0 Å². The Hall–Kier alpha value is -1.83. The van der Waals surface area contributed by atoms with Crippen LogP contribution in [0, 0.1) is 0 Å². The highest BCUT2D eigenvalue weighted by Gasteiger charge is 2.22. The molecule has 120 valence electrons. The summed E-state index contributed by atoms with van der Waals surface area (Å²) in [7, 11) is 0. The summed E-state index contributed by atoms with van der Waals surface area (Å²) in [5.41, 5.74) is 6.87. The molecule has 1 aromatic heterocycles. The number of hydrogen-bond acceptors (Lipinski definition) is 1. The zero-order chi connectivity index (χ0) is 15.6. The highest BCUT2D eigenvalue weighted by molar-refractivity contribution is 6.12. The number of aryl methyl sites for hydroxylation is 1. The predicted octanol–water partition coefficient (Wildman–Crippen LogP) is 5.53. The van der Waals surface area contributed by atoms with E-state index in [9.17, 15) is 0 Å². The van der Waals surface area contributed by atoms with E-state index in [-0.39, 0.29) is 0 Å². The summed E-state index contributed by atoms with van der Waals surface area (Å²) in [5, 5.41) is 1.39. The Labute approximate surface area is 138 Å². The van der Waals surface area contributed by atoms with Crippen molar-refractivity contribution in [2.75, 3.05) is 6.54 Å². The van der Waals surface area contributed by atoms with Crippen LogP contribution in [-0.4, -0.2) is 17.2 Å². The van der Waals surface area contributed by atoms with Gasteiger partial charge in [0.05, 0.1) is 6.54 Å². The number of nitrogens with one attached hydrogen (secondary N) is 1. The minimum atomic E-state index is 0.726. The second kappa shape index (κ2) is 6.35. The summed E-state index contributed by atoms with van der Waals surface area (Å²) in [6, 6.07) is 7.10. The molecule has 0 spiro atoms. The standard InChI is InChI=1S/C21H26N2/c1-2-13-22-19-9-6-10-20-21(19)17-14-16(11-12-18(17)23-20)15-7-4-3-5-8-15/h2,11-12,14-15,23H,1,3-10,13H2. The minimum absolute atomic E-state index is 0.726. The van der Waals surface area contributed by atoms with Gasteiger partial charge in [0.25, 0.3) is 0 Å². The maximum absolute atomic E-state index is 4.79. The lowest BCUT2D eigenvalue weighted by Gasteiger charge is -2.22. The lowest BCUT2D eigenvalue weighted by molar-refractivity contribution is 0.444. The molecule has 0 amide bonds. The van der Waals surface area contributed by atoms with Crippen molar-refractivity contribution >= 4 is 16.6 Å². The van der Waals surface area contributed by atoms with Gasteiger partial charge in [-0.3, -0.25) is 4.99 Å². The fourth-order valence-electron chi connectivity index (χ4n) is 4.36. The zero-order valence-electron chi connectivity index (χ0n) is 13.9. The van der Waals surface area contributed by atoms with Crippen molar-refractivity contribution in [3.63, 3.8) is 0 Å². The van der Waals surface area contributed by atoms with Crippen LogP contribution >= 0.6 is 0 Å². The first-order valence-corrected chi connectivity index (χ1v) is 9.16. The first kappa shape index (κ1) is 14.7. The van der Waals surface area contributed by atoms with Crippen molar-refractivity contribution in [3.8, 4) is 0 Å². The van der Waals surface area contributed by atoms with Crippen LogP contribution in [0.2, 0.25) is 0 Å². The van der Waals surface area contributed by atoms with E-state index in [1.54, 1.807) is 0 Å². The Kier molecular flexibility index (Phi) is 4.07. The smallest absolute Gasteiger partial charge is 0.0571 e. The SMILES string of the molecule is C=CCN=C1CCCc2[nH]c3ccc(C4CCCCC4)cc3c21. The average molecular weight is 306 g/mol. The molecule has 23 heavy (non-hydrogen) atoms. The van der Waals surface area contributed by atoms with Crippen LogP contribution in [0.4, 0.5) is 0 Å². The van der Waals surface area contributed by atoms with Gasteiger partial charge >= 0.3 is 0 Å². The lowest BCUT2D eigenvalue weighted by Crippen LogP contribution is -2.11. The molecule has 0 atom stereocenters. The third kappa shape index (κ3) is 2.75. The quantitative estimate of drug-likeness (QED) is 0.723. The van der Waals surface area contributed by atoms with Crippen LogP contribution in [-0.2, 0) is 6.42 Å². The summed E-state index contributed by atoms with van der Waals surface area (Å²) >= 11 is 0.